The van der Waals surface area contributed by atoms with Crippen molar-refractivity contribution in [2.24, 2.45) is 0 Å². The van der Waals surface area contributed by atoms with Gasteiger partial charge in [0.25, 0.3) is 0 Å². The second-order valence-corrected chi connectivity index (χ2v) is 5.65. The molecule has 1 aromatic rings. The van der Waals surface area contributed by atoms with E-state index in [1.807, 2.05) is 7.05 Å². The number of hydrogen-bond acceptors (Lipinski definition) is 4. The van der Waals surface area contributed by atoms with Gasteiger partial charge in [-0.05, 0) is 25.2 Å². The number of carbonyl (C=O) groups excluding carboxylic acids is 2. The number of likely N-dealkylation sites (N-methyl/N-ethyl adjacent to an activating group) is 1. The standard InChI is InChI=1S/C13H16Cl2N4O2/c1-18-4-6-19(7-5-18)17-13(21)12(20)16-11-3-2-9(14)8-10(11)15/h2-3,8H,4-7H2,1H3,(H,16,20)(H,17,21). The summed E-state index contributed by atoms with van der Waals surface area (Å²) >= 11 is 11.7. The number of benzene rings is 1. The van der Waals surface area contributed by atoms with E-state index in [1.165, 1.54) is 6.07 Å². The van der Waals surface area contributed by atoms with Gasteiger partial charge in [0, 0.05) is 31.2 Å². The van der Waals surface area contributed by atoms with Crippen molar-refractivity contribution < 1.29 is 9.59 Å². The molecule has 1 aliphatic heterocycles. The van der Waals surface area contributed by atoms with Gasteiger partial charge in [-0.1, -0.05) is 23.2 Å². The van der Waals surface area contributed by atoms with Crippen LogP contribution in [0.1, 0.15) is 0 Å². The third-order valence-electron chi connectivity index (χ3n) is 3.15. The number of hydrazine groups is 1. The van der Waals surface area contributed by atoms with Crippen molar-refractivity contribution in [3.05, 3.63) is 28.2 Å². The van der Waals surface area contributed by atoms with Crippen LogP contribution < -0.4 is 10.7 Å². The Kier molecular flexibility index (Phi) is 5.41. The third kappa shape index (κ3) is 4.57. The minimum Gasteiger partial charge on any atom is -0.316 e. The molecule has 1 heterocycles. The zero-order valence-electron chi connectivity index (χ0n) is 11.5. The van der Waals surface area contributed by atoms with Gasteiger partial charge >= 0.3 is 11.8 Å². The normalized spacial score (nSPS) is 16.5. The monoisotopic (exact) mass is 330 g/mol. The van der Waals surface area contributed by atoms with E-state index in [2.05, 4.69) is 15.6 Å². The molecule has 1 fully saturated rings. The third-order valence-corrected chi connectivity index (χ3v) is 3.70. The van der Waals surface area contributed by atoms with Crippen molar-refractivity contribution in [2.75, 3.05) is 38.5 Å². The lowest BCUT2D eigenvalue weighted by Gasteiger charge is -2.32. The second-order valence-electron chi connectivity index (χ2n) is 4.81. The summed E-state index contributed by atoms with van der Waals surface area (Å²) in [5, 5.41) is 4.92. The van der Waals surface area contributed by atoms with Crippen molar-refractivity contribution in [1.29, 1.82) is 0 Å². The average molecular weight is 331 g/mol. The summed E-state index contributed by atoms with van der Waals surface area (Å²) in [4.78, 5) is 25.8. The van der Waals surface area contributed by atoms with E-state index in [1.54, 1.807) is 17.1 Å². The summed E-state index contributed by atoms with van der Waals surface area (Å²) in [6, 6.07) is 4.63. The van der Waals surface area contributed by atoms with Crippen molar-refractivity contribution in [1.82, 2.24) is 15.3 Å². The molecule has 2 N–H and O–H groups in total. The largest absolute Gasteiger partial charge is 0.323 e. The highest BCUT2D eigenvalue weighted by atomic mass is 35.5. The summed E-state index contributed by atoms with van der Waals surface area (Å²) in [5.74, 6) is -1.48. The number of amides is 2. The second kappa shape index (κ2) is 7.09. The smallest absolute Gasteiger partial charge is 0.316 e. The lowest BCUT2D eigenvalue weighted by Crippen LogP contribution is -2.54. The van der Waals surface area contributed by atoms with Crippen LogP contribution in [0, 0.1) is 0 Å². The van der Waals surface area contributed by atoms with Crippen LogP contribution in [0.15, 0.2) is 18.2 Å². The Hall–Kier alpha value is -1.34. The summed E-state index contributed by atoms with van der Waals surface area (Å²) in [5.41, 5.74) is 2.92. The fraction of sp³-hybridized carbons (Fsp3) is 0.385. The van der Waals surface area contributed by atoms with Crippen molar-refractivity contribution >= 4 is 40.7 Å². The molecule has 1 saturated heterocycles. The predicted molar refractivity (Wildman–Crippen MR) is 82.3 cm³/mol. The maximum absolute atomic E-state index is 11.8. The van der Waals surface area contributed by atoms with Crippen LogP contribution in [0.2, 0.25) is 10.0 Å². The first-order chi connectivity index (χ1) is 9.95. The molecule has 1 aliphatic rings. The highest BCUT2D eigenvalue weighted by molar-refractivity contribution is 6.42. The Morgan fingerprint density at radius 2 is 1.76 bits per heavy atom. The van der Waals surface area contributed by atoms with E-state index in [4.69, 9.17) is 23.2 Å². The number of nitrogens with zero attached hydrogens (tertiary/aromatic N) is 2. The lowest BCUT2D eigenvalue weighted by atomic mass is 10.3. The molecular formula is C13H16Cl2N4O2. The minimum absolute atomic E-state index is 0.281. The first-order valence-corrected chi connectivity index (χ1v) is 7.22. The van der Waals surface area contributed by atoms with Gasteiger partial charge in [0.15, 0.2) is 0 Å². The first kappa shape index (κ1) is 16.0. The Morgan fingerprint density at radius 3 is 2.38 bits per heavy atom. The SMILES string of the molecule is CN1CCN(NC(=O)C(=O)Nc2ccc(Cl)cc2Cl)CC1. The summed E-state index contributed by atoms with van der Waals surface area (Å²) in [6.45, 7) is 3.03. The summed E-state index contributed by atoms with van der Waals surface area (Å²) < 4.78 is 0. The molecule has 0 aliphatic carbocycles. The quantitative estimate of drug-likeness (QED) is 0.800. The summed E-state index contributed by atoms with van der Waals surface area (Å²) in [6.07, 6.45) is 0. The van der Waals surface area contributed by atoms with Crippen molar-refractivity contribution in [3.63, 3.8) is 0 Å². The van der Waals surface area contributed by atoms with E-state index in [9.17, 15) is 9.59 Å². The topological polar surface area (TPSA) is 64.7 Å². The van der Waals surface area contributed by atoms with E-state index >= 15 is 0 Å². The molecule has 0 bridgehead atoms. The molecule has 1 aromatic carbocycles. The number of hydrogen-bond donors (Lipinski definition) is 2. The van der Waals surface area contributed by atoms with Gasteiger partial charge in [-0.25, -0.2) is 5.01 Å². The van der Waals surface area contributed by atoms with Crippen LogP contribution in [0.25, 0.3) is 0 Å². The number of rotatable bonds is 2. The number of nitrogens with one attached hydrogen (secondary N) is 2. The minimum atomic E-state index is -0.766. The zero-order valence-corrected chi connectivity index (χ0v) is 13.0. The van der Waals surface area contributed by atoms with Gasteiger partial charge in [0.1, 0.15) is 0 Å². The molecule has 8 heteroatoms. The van der Waals surface area contributed by atoms with Gasteiger partial charge in [-0.2, -0.15) is 0 Å². The molecule has 0 atom stereocenters. The van der Waals surface area contributed by atoms with Crippen molar-refractivity contribution in [3.8, 4) is 0 Å². The van der Waals surface area contributed by atoms with Gasteiger partial charge in [-0.3, -0.25) is 15.0 Å². The highest BCUT2D eigenvalue weighted by Crippen LogP contribution is 2.25. The highest BCUT2D eigenvalue weighted by Gasteiger charge is 2.20. The zero-order chi connectivity index (χ0) is 15.4. The molecule has 0 unspecified atom stereocenters. The van der Waals surface area contributed by atoms with Crippen LogP contribution in [-0.2, 0) is 9.59 Å². The molecule has 0 radical (unpaired) electrons. The average Bonchev–Trinajstić information content (AvgIpc) is 2.44. The van der Waals surface area contributed by atoms with E-state index in [0.717, 1.165) is 13.1 Å². The molecule has 114 valence electrons. The Labute approximate surface area is 132 Å². The van der Waals surface area contributed by atoms with E-state index < -0.39 is 11.8 Å². The lowest BCUT2D eigenvalue weighted by molar-refractivity contribution is -0.139. The van der Waals surface area contributed by atoms with Crippen LogP contribution >= 0.6 is 23.2 Å². The van der Waals surface area contributed by atoms with Gasteiger partial charge in [0.05, 0.1) is 10.7 Å². The van der Waals surface area contributed by atoms with Gasteiger partial charge in [-0.15, -0.1) is 0 Å². The molecule has 2 rings (SSSR count). The van der Waals surface area contributed by atoms with Gasteiger partial charge in [0.2, 0.25) is 0 Å². The molecule has 0 spiro atoms. The number of carbonyl (C=O) groups is 2. The first-order valence-electron chi connectivity index (χ1n) is 6.46. The Balaban J connectivity index is 1.89. The number of halogens is 2. The van der Waals surface area contributed by atoms with Crippen molar-refractivity contribution in [2.45, 2.75) is 0 Å². The predicted octanol–water partition coefficient (Wildman–Crippen LogP) is 1.21. The molecule has 21 heavy (non-hydrogen) atoms. The maximum atomic E-state index is 11.8. The molecule has 2 amide bonds. The maximum Gasteiger partial charge on any atom is 0.323 e. The Bertz CT molecular complexity index is 545. The van der Waals surface area contributed by atoms with Crippen LogP contribution in [0.4, 0.5) is 5.69 Å². The molecule has 6 nitrogen and oxygen atoms in total. The molecular weight excluding hydrogens is 315 g/mol. The number of piperazine rings is 1. The van der Waals surface area contributed by atoms with Crippen LogP contribution in [0.3, 0.4) is 0 Å². The summed E-state index contributed by atoms with van der Waals surface area (Å²) in [7, 11) is 2.01. The van der Waals surface area contributed by atoms with Crippen LogP contribution in [-0.4, -0.2) is 54.9 Å². The van der Waals surface area contributed by atoms with E-state index in [0.29, 0.717) is 23.8 Å². The number of anilines is 1. The molecule has 0 saturated carbocycles. The van der Waals surface area contributed by atoms with E-state index in [-0.39, 0.29) is 5.02 Å². The van der Waals surface area contributed by atoms with Gasteiger partial charge < -0.3 is 10.2 Å². The fourth-order valence-electron chi connectivity index (χ4n) is 1.88. The molecule has 0 aromatic heterocycles. The fourth-order valence-corrected chi connectivity index (χ4v) is 2.34. The Morgan fingerprint density at radius 1 is 1.10 bits per heavy atom. The van der Waals surface area contributed by atoms with Crippen LogP contribution in [0.5, 0.6) is 0 Å².